The van der Waals surface area contributed by atoms with Crippen LogP contribution in [0.25, 0.3) is 0 Å². The number of hydrogen-bond acceptors (Lipinski definition) is 3. The molecule has 8 heteroatoms. The lowest BCUT2D eigenvalue weighted by Crippen LogP contribution is -2.64. The van der Waals surface area contributed by atoms with Gasteiger partial charge in [0, 0.05) is 17.2 Å². The SMILES string of the molecule is Cc1ccccc1C(=O)N[C@]1(C(F)(F)F)N=C(c2ccccc2)N(C2CCCCC2)C1=O. The Kier molecular flexibility index (Phi) is 5.79. The van der Waals surface area contributed by atoms with Crippen LogP contribution in [0.15, 0.2) is 59.6 Å². The van der Waals surface area contributed by atoms with E-state index in [0.717, 1.165) is 19.3 Å². The van der Waals surface area contributed by atoms with Gasteiger partial charge in [-0.25, -0.2) is 4.99 Å². The smallest absolute Gasteiger partial charge is 0.312 e. The molecule has 0 radical (unpaired) electrons. The van der Waals surface area contributed by atoms with Crippen molar-refractivity contribution in [3.63, 3.8) is 0 Å². The fourth-order valence-electron chi connectivity index (χ4n) is 4.40. The van der Waals surface area contributed by atoms with Crippen molar-refractivity contribution in [3.05, 3.63) is 71.3 Å². The zero-order valence-corrected chi connectivity index (χ0v) is 17.7. The van der Waals surface area contributed by atoms with Crippen molar-refractivity contribution >= 4 is 17.6 Å². The summed E-state index contributed by atoms with van der Waals surface area (Å²) in [6.45, 7) is 1.62. The van der Waals surface area contributed by atoms with E-state index in [2.05, 4.69) is 4.99 Å². The summed E-state index contributed by atoms with van der Waals surface area (Å²) in [5.74, 6) is -2.29. The van der Waals surface area contributed by atoms with Gasteiger partial charge in [0.05, 0.1) is 0 Å². The normalized spacial score (nSPS) is 22.1. The predicted octanol–water partition coefficient (Wildman–Crippen LogP) is 4.61. The number of aliphatic imine (C=N–C) groups is 1. The molecule has 168 valence electrons. The highest BCUT2D eigenvalue weighted by Crippen LogP contribution is 2.41. The molecule has 0 saturated heterocycles. The summed E-state index contributed by atoms with van der Waals surface area (Å²) >= 11 is 0. The molecule has 1 heterocycles. The Balaban J connectivity index is 1.82. The molecular formula is C24H24F3N3O2. The maximum atomic E-state index is 14.5. The number of halogens is 3. The molecule has 2 amide bonds. The number of carbonyl (C=O) groups is 2. The van der Waals surface area contributed by atoms with Gasteiger partial charge in [-0.2, -0.15) is 13.2 Å². The topological polar surface area (TPSA) is 61.8 Å². The van der Waals surface area contributed by atoms with Crippen molar-refractivity contribution in [2.24, 2.45) is 4.99 Å². The summed E-state index contributed by atoms with van der Waals surface area (Å²) in [6, 6.07) is 14.2. The Morgan fingerprint density at radius 3 is 2.28 bits per heavy atom. The Labute approximate surface area is 184 Å². The van der Waals surface area contributed by atoms with Gasteiger partial charge in [0.15, 0.2) is 0 Å². The zero-order chi connectivity index (χ0) is 22.9. The second kappa shape index (κ2) is 8.41. The van der Waals surface area contributed by atoms with Crippen LogP contribution in [0.5, 0.6) is 0 Å². The molecule has 1 atom stereocenters. The van der Waals surface area contributed by atoms with E-state index in [4.69, 9.17) is 0 Å². The van der Waals surface area contributed by atoms with Crippen molar-refractivity contribution in [1.29, 1.82) is 0 Å². The number of benzene rings is 2. The number of carbonyl (C=O) groups excluding carboxylic acids is 2. The van der Waals surface area contributed by atoms with Crippen LogP contribution in [-0.4, -0.2) is 40.4 Å². The first-order valence-electron chi connectivity index (χ1n) is 10.7. The Hall–Kier alpha value is -3.16. The third-order valence-corrected chi connectivity index (χ3v) is 6.10. The molecule has 0 spiro atoms. The number of nitrogens with zero attached hydrogens (tertiary/aromatic N) is 2. The van der Waals surface area contributed by atoms with E-state index in [-0.39, 0.29) is 11.4 Å². The molecule has 1 fully saturated rings. The molecule has 0 aromatic heterocycles. The van der Waals surface area contributed by atoms with Gasteiger partial charge in [-0.1, -0.05) is 67.8 Å². The molecule has 2 aromatic carbocycles. The molecule has 32 heavy (non-hydrogen) atoms. The second-order valence-electron chi connectivity index (χ2n) is 8.25. The molecule has 1 saturated carbocycles. The van der Waals surface area contributed by atoms with E-state index < -0.39 is 29.7 Å². The van der Waals surface area contributed by atoms with Crippen molar-refractivity contribution in [2.75, 3.05) is 0 Å². The molecule has 4 rings (SSSR count). The number of rotatable bonds is 4. The molecule has 0 unspecified atom stereocenters. The minimum Gasteiger partial charge on any atom is -0.312 e. The van der Waals surface area contributed by atoms with E-state index in [1.54, 1.807) is 55.5 Å². The lowest BCUT2D eigenvalue weighted by Gasteiger charge is -2.34. The largest absolute Gasteiger partial charge is 0.442 e. The average molecular weight is 443 g/mol. The standard InChI is InChI=1S/C24H24F3N3O2/c1-16-10-8-9-15-19(16)21(31)29-23(24(25,26)27)22(32)30(18-13-6-3-7-14-18)20(28-23)17-11-4-2-5-12-17/h2,4-5,8-12,15,18H,3,6-7,13-14H2,1H3,(H,29,31)/t23-/m1/s1. The van der Waals surface area contributed by atoms with Gasteiger partial charge in [-0.05, 0) is 31.4 Å². The quantitative estimate of drug-likeness (QED) is 0.751. The minimum atomic E-state index is -5.12. The van der Waals surface area contributed by atoms with Crippen molar-refractivity contribution in [3.8, 4) is 0 Å². The number of hydrogen-bond donors (Lipinski definition) is 1. The summed E-state index contributed by atoms with van der Waals surface area (Å²) in [5, 5.41) is 1.97. The van der Waals surface area contributed by atoms with Gasteiger partial charge in [0.2, 0.25) is 0 Å². The fraction of sp³-hybridized carbons (Fsp3) is 0.375. The highest BCUT2D eigenvalue weighted by Gasteiger charge is 2.67. The molecule has 1 aliphatic carbocycles. The molecule has 1 aliphatic heterocycles. The van der Waals surface area contributed by atoms with Crippen molar-refractivity contribution in [1.82, 2.24) is 10.2 Å². The van der Waals surface area contributed by atoms with E-state index in [1.165, 1.54) is 11.0 Å². The first-order valence-corrected chi connectivity index (χ1v) is 10.7. The summed E-state index contributed by atoms with van der Waals surface area (Å²) in [6.07, 6.45) is -1.30. The van der Waals surface area contributed by atoms with Crippen molar-refractivity contribution < 1.29 is 22.8 Å². The average Bonchev–Trinajstić information content (AvgIpc) is 3.08. The summed E-state index contributed by atoms with van der Waals surface area (Å²) < 4.78 is 43.5. The van der Waals surface area contributed by atoms with E-state index in [1.807, 2.05) is 5.32 Å². The number of aryl methyl sites for hydroxylation is 1. The van der Waals surface area contributed by atoms with Crippen LogP contribution in [0.4, 0.5) is 13.2 Å². The molecule has 1 N–H and O–H groups in total. The van der Waals surface area contributed by atoms with Crippen LogP contribution < -0.4 is 5.32 Å². The maximum Gasteiger partial charge on any atom is 0.442 e. The second-order valence-corrected chi connectivity index (χ2v) is 8.25. The Morgan fingerprint density at radius 1 is 1.03 bits per heavy atom. The monoisotopic (exact) mass is 443 g/mol. The van der Waals surface area contributed by atoms with E-state index in [9.17, 15) is 22.8 Å². The van der Waals surface area contributed by atoms with Crippen LogP contribution in [0.3, 0.4) is 0 Å². The third kappa shape index (κ3) is 3.78. The number of amidine groups is 1. The van der Waals surface area contributed by atoms with Crippen LogP contribution in [0, 0.1) is 6.92 Å². The molecular weight excluding hydrogens is 419 g/mol. The van der Waals surface area contributed by atoms with Crippen LogP contribution in [-0.2, 0) is 4.79 Å². The fourth-order valence-corrected chi connectivity index (χ4v) is 4.40. The summed E-state index contributed by atoms with van der Waals surface area (Å²) in [4.78, 5) is 31.5. The van der Waals surface area contributed by atoms with Gasteiger partial charge in [0.1, 0.15) is 5.84 Å². The predicted molar refractivity (Wildman–Crippen MR) is 114 cm³/mol. The van der Waals surface area contributed by atoms with Gasteiger partial charge in [-0.15, -0.1) is 0 Å². The van der Waals surface area contributed by atoms with Crippen LogP contribution in [0.1, 0.15) is 53.6 Å². The molecule has 5 nitrogen and oxygen atoms in total. The highest BCUT2D eigenvalue weighted by molar-refractivity contribution is 6.17. The van der Waals surface area contributed by atoms with E-state index >= 15 is 0 Å². The lowest BCUT2D eigenvalue weighted by atomic mass is 9.93. The van der Waals surface area contributed by atoms with Gasteiger partial charge in [0.25, 0.3) is 11.8 Å². The maximum absolute atomic E-state index is 14.5. The first-order chi connectivity index (χ1) is 15.2. The first kappa shape index (κ1) is 22.0. The lowest BCUT2D eigenvalue weighted by molar-refractivity contribution is -0.197. The molecule has 2 aliphatic rings. The van der Waals surface area contributed by atoms with Gasteiger partial charge in [-0.3, -0.25) is 14.5 Å². The number of nitrogens with one attached hydrogen (secondary N) is 1. The number of alkyl halides is 3. The Morgan fingerprint density at radius 2 is 1.66 bits per heavy atom. The van der Waals surface area contributed by atoms with Crippen LogP contribution >= 0.6 is 0 Å². The highest BCUT2D eigenvalue weighted by atomic mass is 19.4. The number of amides is 2. The zero-order valence-electron chi connectivity index (χ0n) is 17.7. The van der Waals surface area contributed by atoms with Gasteiger partial charge < -0.3 is 5.32 Å². The van der Waals surface area contributed by atoms with Crippen LogP contribution in [0.2, 0.25) is 0 Å². The molecule has 2 aromatic rings. The van der Waals surface area contributed by atoms with Crippen molar-refractivity contribution in [2.45, 2.75) is 56.9 Å². The minimum absolute atomic E-state index is 0.0510. The Bertz CT molecular complexity index is 1050. The van der Waals surface area contributed by atoms with E-state index in [0.29, 0.717) is 24.0 Å². The summed E-state index contributed by atoms with van der Waals surface area (Å²) in [7, 11) is 0. The summed E-state index contributed by atoms with van der Waals surface area (Å²) in [5.41, 5.74) is -2.39. The molecule has 0 bridgehead atoms. The van der Waals surface area contributed by atoms with Gasteiger partial charge >= 0.3 is 11.8 Å². The third-order valence-electron chi connectivity index (χ3n) is 6.10.